The van der Waals surface area contributed by atoms with E-state index in [1.807, 2.05) is 42.1 Å². The third kappa shape index (κ3) is 3.82. The van der Waals surface area contributed by atoms with Gasteiger partial charge in [0, 0.05) is 18.1 Å². The van der Waals surface area contributed by atoms with E-state index in [1.54, 1.807) is 4.68 Å². The summed E-state index contributed by atoms with van der Waals surface area (Å²) in [6.07, 6.45) is 1.90. The molecule has 2 rings (SSSR count). The molecule has 2 aromatic rings. The van der Waals surface area contributed by atoms with Crippen molar-refractivity contribution in [2.45, 2.75) is 6.92 Å². The van der Waals surface area contributed by atoms with Crippen molar-refractivity contribution in [2.75, 3.05) is 23.4 Å². The van der Waals surface area contributed by atoms with E-state index in [9.17, 15) is 0 Å². The summed E-state index contributed by atoms with van der Waals surface area (Å²) in [6, 6.07) is 8.09. The summed E-state index contributed by atoms with van der Waals surface area (Å²) in [5.41, 5.74) is 2.17. The van der Waals surface area contributed by atoms with Gasteiger partial charge in [-0.3, -0.25) is 0 Å². The highest BCUT2D eigenvalue weighted by Gasteiger charge is 2.06. The van der Waals surface area contributed by atoms with Gasteiger partial charge in [0.2, 0.25) is 5.95 Å². The van der Waals surface area contributed by atoms with Crippen molar-refractivity contribution in [3.8, 4) is 5.69 Å². The molecule has 1 N–H and O–H groups in total. The van der Waals surface area contributed by atoms with Crippen LogP contribution >= 0.6 is 11.8 Å². The fraction of sp³-hybridized carbons (Fsp3) is 0.308. The highest BCUT2D eigenvalue weighted by molar-refractivity contribution is 7.99. The van der Waals surface area contributed by atoms with E-state index in [4.69, 9.17) is 0 Å². The van der Waals surface area contributed by atoms with E-state index in [0.717, 1.165) is 23.7 Å². The minimum Gasteiger partial charge on any atom is -0.352 e. The highest BCUT2D eigenvalue weighted by Crippen LogP contribution is 2.12. The molecule has 1 aromatic heterocycles. The Bertz CT molecular complexity index is 520. The Balaban J connectivity index is 1.97. The number of aromatic nitrogens is 4. The Kier molecular flexibility index (Phi) is 4.97. The van der Waals surface area contributed by atoms with Gasteiger partial charge in [-0.2, -0.15) is 16.4 Å². The lowest BCUT2D eigenvalue weighted by Crippen LogP contribution is -2.10. The van der Waals surface area contributed by atoms with Gasteiger partial charge in [-0.25, -0.2) is 0 Å². The predicted molar refractivity (Wildman–Crippen MR) is 79.9 cm³/mol. The van der Waals surface area contributed by atoms with Crippen LogP contribution < -0.4 is 5.32 Å². The maximum atomic E-state index is 4.00. The minimum atomic E-state index is 0.669. The molecular formula is C13H17N5S. The predicted octanol–water partition coefficient (Wildman–Crippen LogP) is 2.30. The zero-order valence-corrected chi connectivity index (χ0v) is 11.7. The molecule has 0 aliphatic heterocycles. The standard InChI is InChI=1S/C13H17N5S/c1-3-9-19-10-8-14-13-15-16-17-18(13)12-6-4-11(2)5-7-12/h3-7H,1,8-10H2,2H3,(H,14,15,17). The van der Waals surface area contributed by atoms with Gasteiger partial charge in [-0.1, -0.05) is 28.9 Å². The first-order valence-electron chi connectivity index (χ1n) is 6.09. The summed E-state index contributed by atoms with van der Waals surface area (Å²) in [7, 11) is 0. The van der Waals surface area contributed by atoms with E-state index >= 15 is 0 Å². The lowest BCUT2D eigenvalue weighted by molar-refractivity contribution is 0.789. The zero-order valence-electron chi connectivity index (χ0n) is 10.9. The number of tetrazole rings is 1. The number of nitrogens with one attached hydrogen (secondary N) is 1. The molecule has 1 heterocycles. The van der Waals surface area contributed by atoms with Crippen LogP contribution in [0.4, 0.5) is 5.95 Å². The molecule has 0 fully saturated rings. The smallest absolute Gasteiger partial charge is 0.247 e. The van der Waals surface area contributed by atoms with Gasteiger partial charge in [0.05, 0.1) is 5.69 Å². The van der Waals surface area contributed by atoms with Gasteiger partial charge in [0.1, 0.15) is 0 Å². The molecule has 0 saturated carbocycles. The number of benzene rings is 1. The van der Waals surface area contributed by atoms with E-state index in [1.165, 1.54) is 5.56 Å². The molecule has 0 radical (unpaired) electrons. The Morgan fingerprint density at radius 3 is 2.89 bits per heavy atom. The molecule has 0 spiro atoms. The van der Waals surface area contributed by atoms with Crippen molar-refractivity contribution in [1.29, 1.82) is 0 Å². The van der Waals surface area contributed by atoms with Crippen LogP contribution in [0.3, 0.4) is 0 Å². The molecule has 0 aliphatic carbocycles. The van der Waals surface area contributed by atoms with Crippen LogP contribution in [0, 0.1) is 6.92 Å². The maximum Gasteiger partial charge on any atom is 0.247 e. The number of hydrogen-bond acceptors (Lipinski definition) is 5. The van der Waals surface area contributed by atoms with E-state index < -0.39 is 0 Å². The van der Waals surface area contributed by atoms with E-state index in [2.05, 4.69) is 34.3 Å². The lowest BCUT2D eigenvalue weighted by Gasteiger charge is -2.06. The second-order valence-corrected chi connectivity index (χ2v) is 5.19. The SMILES string of the molecule is C=CCSCCNc1nnnn1-c1ccc(C)cc1. The molecule has 0 saturated heterocycles. The molecule has 6 heteroatoms. The molecule has 0 amide bonds. The number of thioether (sulfide) groups is 1. The largest absolute Gasteiger partial charge is 0.352 e. The summed E-state index contributed by atoms with van der Waals surface area (Å²) in [6.45, 7) is 6.57. The summed E-state index contributed by atoms with van der Waals surface area (Å²) in [5, 5.41) is 14.9. The zero-order chi connectivity index (χ0) is 13.5. The average molecular weight is 275 g/mol. The number of hydrogen-bond donors (Lipinski definition) is 1. The molecule has 1 aromatic carbocycles. The molecule has 100 valence electrons. The molecule has 5 nitrogen and oxygen atoms in total. The van der Waals surface area contributed by atoms with Crippen LogP contribution in [0.5, 0.6) is 0 Å². The molecule has 0 bridgehead atoms. The Morgan fingerprint density at radius 1 is 1.37 bits per heavy atom. The monoisotopic (exact) mass is 275 g/mol. The van der Waals surface area contributed by atoms with Crippen molar-refractivity contribution in [3.05, 3.63) is 42.5 Å². The van der Waals surface area contributed by atoms with Gasteiger partial charge < -0.3 is 5.32 Å². The number of aryl methyl sites for hydroxylation is 1. The van der Waals surface area contributed by atoms with Crippen LogP contribution in [-0.2, 0) is 0 Å². The van der Waals surface area contributed by atoms with Gasteiger partial charge >= 0.3 is 0 Å². The van der Waals surface area contributed by atoms with Crippen molar-refractivity contribution in [1.82, 2.24) is 20.2 Å². The second-order valence-electron chi connectivity index (χ2n) is 4.04. The summed E-state index contributed by atoms with van der Waals surface area (Å²) < 4.78 is 1.71. The van der Waals surface area contributed by atoms with Crippen molar-refractivity contribution < 1.29 is 0 Å². The maximum absolute atomic E-state index is 4.00. The van der Waals surface area contributed by atoms with Crippen molar-refractivity contribution >= 4 is 17.7 Å². The lowest BCUT2D eigenvalue weighted by atomic mass is 10.2. The van der Waals surface area contributed by atoms with Gasteiger partial charge in [0.15, 0.2) is 0 Å². The summed E-state index contributed by atoms with van der Waals surface area (Å²) in [4.78, 5) is 0. The third-order valence-electron chi connectivity index (χ3n) is 2.51. The molecule has 0 aliphatic rings. The first-order chi connectivity index (χ1) is 9.31. The quantitative estimate of drug-likeness (QED) is 0.620. The fourth-order valence-electron chi connectivity index (χ4n) is 1.56. The number of nitrogens with zero attached hydrogens (tertiary/aromatic N) is 4. The van der Waals surface area contributed by atoms with E-state index in [0.29, 0.717) is 5.95 Å². The first-order valence-corrected chi connectivity index (χ1v) is 7.24. The molecule has 0 unspecified atom stereocenters. The topological polar surface area (TPSA) is 55.6 Å². The molecular weight excluding hydrogens is 258 g/mol. The van der Waals surface area contributed by atoms with Crippen LogP contribution in [-0.4, -0.2) is 38.3 Å². The summed E-state index contributed by atoms with van der Waals surface area (Å²) >= 11 is 1.82. The minimum absolute atomic E-state index is 0.669. The normalized spacial score (nSPS) is 10.4. The number of anilines is 1. The van der Waals surface area contributed by atoms with Crippen LogP contribution in [0.15, 0.2) is 36.9 Å². The fourth-order valence-corrected chi connectivity index (χ4v) is 2.14. The first kappa shape index (κ1) is 13.6. The molecule has 0 atom stereocenters. The van der Waals surface area contributed by atoms with Crippen LogP contribution in [0.2, 0.25) is 0 Å². The number of rotatable bonds is 7. The second kappa shape index (κ2) is 6.94. The van der Waals surface area contributed by atoms with Gasteiger partial charge in [-0.05, 0) is 29.5 Å². The third-order valence-corrected chi connectivity index (χ3v) is 3.48. The Labute approximate surface area is 117 Å². The molecule has 19 heavy (non-hydrogen) atoms. The van der Waals surface area contributed by atoms with Crippen LogP contribution in [0.1, 0.15) is 5.56 Å². The summed E-state index contributed by atoms with van der Waals surface area (Å²) in [5.74, 6) is 2.63. The average Bonchev–Trinajstić information content (AvgIpc) is 2.88. The van der Waals surface area contributed by atoms with E-state index in [-0.39, 0.29) is 0 Å². The van der Waals surface area contributed by atoms with Crippen molar-refractivity contribution in [3.63, 3.8) is 0 Å². The van der Waals surface area contributed by atoms with Gasteiger partial charge in [0.25, 0.3) is 0 Å². The Morgan fingerprint density at radius 2 is 2.16 bits per heavy atom. The van der Waals surface area contributed by atoms with Crippen molar-refractivity contribution in [2.24, 2.45) is 0 Å². The van der Waals surface area contributed by atoms with Gasteiger partial charge in [-0.15, -0.1) is 6.58 Å². The van der Waals surface area contributed by atoms with Crippen LogP contribution in [0.25, 0.3) is 5.69 Å². The highest BCUT2D eigenvalue weighted by atomic mass is 32.2. The Hall–Kier alpha value is -1.82.